The molecule has 18 heavy (non-hydrogen) atoms. The summed E-state index contributed by atoms with van der Waals surface area (Å²) in [5.41, 5.74) is -0.379. The Bertz CT molecular complexity index is 514. The fraction of sp³-hybridized carbons (Fsp3) is 0.364. The van der Waals surface area contributed by atoms with Crippen molar-refractivity contribution < 1.29 is 14.8 Å². The number of benzene rings is 1. The maximum Gasteiger partial charge on any atom is 0.328 e. The Hall–Kier alpha value is -1.82. The molecule has 1 aromatic rings. The van der Waals surface area contributed by atoms with Crippen molar-refractivity contribution in [2.24, 2.45) is 0 Å². The van der Waals surface area contributed by atoms with Gasteiger partial charge in [-0.25, -0.2) is 4.79 Å². The van der Waals surface area contributed by atoms with Crippen LogP contribution in [0.3, 0.4) is 0 Å². The van der Waals surface area contributed by atoms with Crippen LogP contribution >= 0.6 is 11.6 Å². The van der Waals surface area contributed by atoms with E-state index in [9.17, 15) is 14.9 Å². The molecule has 0 amide bonds. The number of hydrogen-bond acceptors (Lipinski definition) is 4. The van der Waals surface area contributed by atoms with E-state index in [2.05, 4.69) is 5.32 Å². The first-order valence-electron chi connectivity index (χ1n) is 5.11. The number of carboxylic acid groups (broad SMARTS) is 1. The molecule has 0 bridgehead atoms. The second-order valence-corrected chi connectivity index (χ2v) is 4.84. The lowest BCUT2D eigenvalue weighted by molar-refractivity contribution is -0.384. The van der Waals surface area contributed by atoms with E-state index in [0.717, 1.165) is 0 Å². The highest BCUT2D eigenvalue weighted by Gasteiger charge is 2.28. The molecular weight excluding hydrogens is 260 g/mol. The number of anilines is 1. The van der Waals surface area contributed by atoms with Gasteiger partial charge in [-0.05, 0) is 32.4 Å². The lowest BCUT2D eigenvalue weighted by Crippen LogP contribution is -2.40. The molecule has 7 heteroatoms. The Morgan fingerprint density at radius 1 is 1.50 bits per heavy atom. The maximum absolute atomic E-state index is 11.0. The molecule has 2 N–H and O–H groups in total. The fourth-order valence-electron chi connectivity index (χ4n) is 1.33. The molecule has 0 unspecified atom stereocenters. The van der Waals surface area contributed by atoms with E-state index in [-0.39, 0.29) is 10.7 Å². The van der Waals surface area contributed by atoms with E-state index >= 15 is 0 Å². The highest BCUT2D eigenvalue weighted by atomic mass is 35.5. The topological polar surface area (TPSA) is 92.5 Å². The SMILES string of the molecule is Cc1cc([N+](=O)[O-])c(Cl)cc1NC(C)(C)C(=O)O. The lowest BCUT2D eigenvalue weighted by Gasteiger charge is -2.23. The predicted molar refractivity (Wildman–Crippen MR) is 68.2 cm³/mol. The van der Waals surface area contributed by atoms with Gasteiger partial charge in [0, 0.05) is 11.8 Å². The molecule has 0 saturated carbocycles. The van der Waals surface area contributed by atoms with Crippen LogP contribution in [-0.2, 0) is 4.79 Å². The Kier molecular flexibility index (Phi) is 3.81. The van der Waals surface area contributed by atoms with E-state index in [1.54, 1.807) is 6.92 Å². The van der Waals surface area contributed by atoms with E-state index in [0.29, 0.717) is 11.3 Å². The number of nitro groups is 1. The normalized spacial score (nSPS) is 11.1. The van der Waals surface area contributed by atoms with Crippen LogP contribution in [0.25, 0.3) is 0 Å². The smallest absolute Gasteiger partial charge is 0.328 e. The zero-order chi connectivity index (χ0) is 14.1. The molecule has 0 aliphatic heterocycles. The van der Waals surface area contributed by atoms with Gasteiger partial charge in [0.05, 0.1) is 4.92 Å². The van der Waals surface area contributed by atoms with Gasteiger partial charge >= 0.3 is 5.97 Å². The van der Waals surface area contributed by atoms with E-state index in [1.165, 1.54) is 26.0 Å². The summed E-state index contributed by atoms with van der Waals surface area (Å²) in [7, 11) is 0. The van der Waals surface area contributed by atoms with Crippen LogP contribution in [0.2, 0.25) is 5.02 Å². The van der Waals surface area contributed by atoms with Crippen LogP contribution in [-0.4, -0.2) is 21.5 Å². The van der Waals surface area contributed by atoms with Gasteiger partial charge in [-0.2, -0.15) is 0 Å². The summed E-state index contributed by atoms with van der Waals surface area (Å²) in [5, 5.41) is 22.4. The highest BCUT2D eigenvalue weighted by molar-refractivity contribution is 6.33. The standard InChI is InChI=1S/C11H13ClN2O4/c1-6-4-9(14(17)18)7(12)5-8(6)13-11(2,3)10(15)16/h4-5,13H,1-3H3,(H,15,16). The summed E-state index contributed by atoms with van der Waals surface area (Å²) in [6.07, 6.45) is 0. The third kappa shape index (κ3) is 2.89. The number of nitrogens with one attached hydrogen (secondary N) is 1. The maximum atomic E-state index is 11.0. The molecule has 6 nitrogen and oxygen atoms in total. The first-order valence-corrected chi connectivity index (χ1v) is 5.49. The molecule has 0 radical (unpaired) electrons. The zero-order valence-electron chi connectivity index (χ0n) is 10.2. The van der Waals surface area contributed by atoms with Crippen molar-refractivity contribution >= 4 is 28.9 Å². The van der Waals surface area contributed by atoms with Gasteiger partial charge in [-0.3, -0.25) is 10.1 Å². The van der Waals surface area contributed by atoms with Gasteiger partial charge in [-0.1, -0.05) is 11.6 Å². The van der Waals surface area contributed by atoms with Gasteiger partial charge in [0.1, 0.15) is 10.6 Å². The van der Waals surface area contributed by atoms with E-state index in [1.807, 2.05) is 0 Å². The van der Waals surface area contributed by atoms with Crippen molar-refractivity contribution in [3.05, 3.63) is 32.8 Å². The minimum absolute atomic E-state index is 0.0331. The molecule has 1 rings (SSSR count). The summed E-state index contributed by atoms with van der Waals surface area (Å²) in [6, 6.07) is 2.67. The predicted octanol–water partition coefficient (Wildman–Crippen LogP) is 2.83. The highest BCUT2D eigenvalue weighted by Crippen LogP contribution is 2.31. The molecule has 0 aliphatic rings. The molecule has 0 heterocycles. The largest absolute Gasteiger partial charge is 0.480 e. The summed E-state index contributed by atoms with van der Waals surface area (Å²) < 4.78 is 0. The molecule has 0 saturated heterocycles. The average Bonchev–Trinajstić information content (AvgIpc) is 2.21. The molecule has 0 atom stereocenters. The molecule has 0 fully saturated rings. The number of carboxylic acids is 1. The van der Waals surface area contributed by atoms with Crippen LogP contribution in [0, 0.1) is 17.0 Å². The third-order valence-electron chi connectivity index (χ3n) is 2.47. The van der Waals surface area contributed by atoms with Gasteiger partial charge in [0.25, 0.3) is 5.69 Å². The molecular formula is C11H13ClN2O4. The number of halogens is 1. The van der Waals surface area contributed by atoms with Crippen molar-refractivity contribution in [2.45, 2.75) is 26.3 Å². The average molecular weight is 273 g/mol. The van der Waals surface area contributed by atoms with Crippen LogP contribution in [0.15, 0.2) is 12.1 Å². The second-order valence-electron chi connectivity index (χ2n) is 4.43. The first-order chi connectivity index (χ1) is 8.15. The fourth-order valence-corrected chi connectivity index (χ4v) is 1.56. The number of hydrogen-bond donors (Lipinski definition) is 2. The van der Waals surface area contributed by atoms with E-state index in [4.69, 9.17) is 16.7 Å². The minimum Gasteiger partial charge on any atom is -0.480 e. The number of aryl methyl sites for hydroxylation is 1. The van der Waals surface area contributed by atoms with Crippen molar-refractivity contribution in [1.82, 2.24) is 0 Å². The molecule has 0 aliphatic carbocycles. The van der Waals surface area contributed by atoms with Gasteiger partial charge in [-0.15, -0.1) is 0 Å². The van der Waals surface area contributed by atoms with Gasteiger partial charge in [0.2, 0.25) is 0 Å². The Balaban J connectivity index is 3.17. The third-order valence-corrected chi connectivity index (χ3v) is 2.78. The number of nitrogens with zero attached hydrogens (tertiary/aromatic N) is 1. The number of nitro benzene ring substituents is 1. The van der Waals surface area contributed by atoms with Crippen molar-refractivity contribution in [3.63, 3.8) is 0 Å². The first kappa shape index (κ1) is 14.2. The summed E-state index contributed by atoms with van der Waals surface area (Å²) in [4.78, 5) is 21.1. The quantitative estimate of drug-likeness (QED) is 0.649. The van der Waals surface area contributed by atoms with Crippen molar-refractivity contribution in [1.29, 1.82) is 0 Å². The molecule has 98 valence electrons. The number of rotatable bonds is 4. The van der Waals surface area contributed by atoms with Crippen LogP contribution < -0.4 is 5.32 Å². The second kappa shape index (κ2) is 4.81. The molecule has 0 spiro atoms. The van der Waals surface area contributed by atoms with Crippen LogP contribution in [0.4, 0.5) is 11.4 Å². The van der Waals surface area contributed by atoms with Gasteiger partial charge < -0.3 is 10.4 Å². The Labute approximate surface area is 109 Å². The van der Waals surface area contributed by atoms with Gasteiger partial charge in [0.15, 0.2) is 0 Å². The minimum atomic E-state index is -1.19. The number of carbonyl (C=O) groups is 1. The zero-order valence-corrected chi connectivity index (χ0v) is 10.9. The summed E-state index contributed by atoms with van der Waals surface area (Å²) in [5.74, 6) is -1.03. The van der Waals surface area contributed by atoms with E-state index < -0.39 is 16.4 Å². The van der Waals surface area contributed by atoms with Crippen LogP contribution in [0.1, 0.15) is 19.4 Å². The Morgan fingerprint density at radius 2 is 2.06 bits per heavy atom. The number of aliphatic carboxylic acids is 1. The monoisotopic (exact) mass is 272 g/mol. The lowest BCUT2D eigenvalue weighted by atomic mass is 10.0. The van der Waals surface area contributed by atoms with Crippen molar-refractivity contribution in [3.8, 4) is 0 Å². The molecule has 0 aromatic heterocycles. The molecule has 1 aromatic carbocycles. The summed E-state index contributed by atoms with van der Waals surface area (Å²) in [6.45, 7) is 4.62. The summed E-state index contributed by atoms with van der Waals surface area (Å²) >= 11 is 5.78. The van der Waals surface area contributed by atoms with Crippen molar-refractivity contribution in [2.75, 3.05) is 5.32 Å². The Morgan fingerprint density at radius 3 is 2.50 bits per heavy atom. The van der Waals surface area contributed by atoms with Crippen LogP contribution in [0.5, 0.6) is 0 Å².